The van der Waals surface area contributed by atoms with Crippen molar-refractivity contribution in [1.82, 2.24) is 15.5 Å². The fraction of sp³-hybridized carbons (Fsp3) is 0.667. The van der Waals surface area contributed by atoms with Crippen LogP contribution in [0.5, 0.6) is 0 Å². The molecule has 2 aliphatic rings. The number of ether oxygens (including phenoxy) is 1. The van der Waals surface area contributed by atoms with E-state index in [9.17, 15) is 0 Å². The van der Waals surface area contributed by atoms with Gasteiger partial charge in [0.2, 0.25) is 0 Å². The number of guanidine groups is 1. The molecule has 1 aromatic carbocycles. The first-order valence-electron chi connectivity index (χ1n) is 10.3. The minimum absolute atomic E-state index is 0.368. The molecule has 1 aromatic rings. The molecule has 2 fully saturated rings. The Hall–Kier alpha value is -1.59. The summed E-state index contributed by atoms with van der Waals surface area (Å²) in [6.07, 6.45) is 6.47. The van der Waals surface area contributed by atoms with Crippen LogP contribution in [0.25, 0.3) is 0 Å². The van der Waals surface area contributed by atoms with Crippen LogP contribution >= 0.6 is 0 Å². The summed E-state index contributed by atoms with van der Waals surface area (Å²) < 4.78 is 5.71. The summed E-state index contributed by atoms with van der Waals surface area (Å²) in [5.74, 6) is 0.922. The summed E-state index contributed by atoms with van der Waals surface area (Å²) in [6.45, 7) is 7.98. The van der Waals surface area contributed by atoms with Gasteiger partial charge in [0, 0.05) is 19.7 Å². The van der Waals surface area contributed by atoms with E-state index in [2.05, 4.69) is 52.8 Å². The molecule has 2 aliphatic heterocycles. The molecule has 2 saturated heterocycles. The van der Waals surface area contributed by atoms with Crippen LogP contribution in [0, 0.1) is 0 Å². The van der Waals surface area contributed by atoms with E-state index >= 15 is 0 Å². The summed E-state index contributed by atoms with van der Waals surface area (Å²) in [6, 6.07) is 11.2. The maximum atomic E-state index is 5.71. The van der Waals surface area contributed by atoms with Crippen LogP contribution in [0.4, 0.5) is 0 Å². The number of benzene rings is 1. The minimum atomic E-state index is 0.368. The number of aliphatic imine (C=N–C) groups is 1. The first-order chi connectivity index (χ1) is 12.9. The van der Waals surface area contributed by atoms with Crippen molar-refractivity contribution in [2.75, 3.05) is 39.3 Å². The lowest BCUT2D eigenvalue weighted by Crippen LogP contribution is -2.39. The molecule has 0 aromatic heterocycles. The monoisotopic (exact) mass is 358 g/mol. The van der Waals surface area contributed by atoms with Gasteiger partial charge in [-0.2, -0.15) is 0 Å². The van der Waals surface area contributed by atoms with E-state index in [0.29, 0.717) is 12.1 Å². The summed E-state index contributed by atoms with van der Waals surface area (Å²) >= 11 is 0. The van der Waals surface area contributed by atoms with Gasteiger partial charge in [-0.15, -0.1) is 0 Å². The zero-order chi connectivity index (χ0) is 18.0. The average Bonchev–Trinajstić information content (AvgIpc) is 3.37. The maximum Gasteiger partial charge on any atom is 0.191 e. The smallest absolute Gasteiger partial charge is 0.191 e. The summed E-state index contributed by atoms with van der Waals surface area (Å²) in [4.78, 5) is 7.49. The van der Waals surface area contributed by atoms with Crippen molar-refractivity contribution in [2.24, 2.45) is 4.99 Å². The zero-order valence-electron chi connectivity index (χ0n) is 16.1. The normalized spacial score (nSPS) is 22.5. The van der Waals surface area contributed by atoms with E-state index in [1.54, 1.807) is 0 Å². The molecule has 5 nitrogen and oxygen atoms in total. The Morgan fingerprint density at radius 3 is 2.69 bits per heavy atom. The molecule has 2 atom stereocenters. The van der Waals surface area contributed by atoms with Gasteiger partial charge in [-0.05, 0) is 57.7 Å². The highest BCUT2D eigenvalue weighted by molar-refractivity contribution is 5.79. The molecule has 2 N–H and O–H groups in total. The molecular formula is C21H34N4O. The first kappa shape index (κ1) is 19.2. The molecule has 0 radical (unpaired) electrons. The van der Waals surface area contributed by atoms with Crippen molar-refractivity contribution in [2.45, 2.75) is 51.2 Å². The third kappa shape index (κ3) is 5.71. The van der Waals surface area contributed by atoms with Crippen LogP contribution in [-0.4, -0.2) is 56.3 Å². The van der Waals surface area contributed by atoms with Gasteiger partial charge in [0.05, 0.1) is 18.7 Å². The molecule has 5 heteroatoms. The Morgan fingerprint density at radius 2 is 2.00 bits per heavy atom. The third-order valence-corrected chi connectivity index (χ3v) is 5.32. The van der Waals surface area contributed by atoms with E-state index in [4.69, 9.17) is 9.73 Å². The summed E-state index contributed by atoms with van der Waals surface area (Å²) in [7, 11) is 0. The minimum Gasteiger partial charge on any atom is -0.378 e. The predicted molar refractivity (Wildman–Crippen MR) is 108 cm³/mol. The molecule has 0 bridgehead atoms. The summed E-state index contributed by atoms with van der Waals surface area (Å²) in [5, 5.41) is 6.87. The Kier molecular flexibility index (Phi) is 7.77. The van der Waals surface area contributed by atoms with Gasteiger partial charge in [-0.1, -0.05) is 30.3 Å². The SMILES string of the molecule is CCNC(=NCC(c1ccccc1)N1CCCC1)NCCC1CCCO1. The van der Waals surface area contributed by atoms with Gasteiger partial charge in [0.25, 0.3) is 0 Å². The van der Waals surface area contributed by atoms with Crippen LogP contribution in [0.1, 0.15) is 50.6 Å². The Labute approximate surface area is 158 Å². The topological polar surface area (TPSA) is 48.9 Å². The van der Waals surface area contributed by atoms with Gasteiger partial charge in [0.1, 0.15) is 0 Å². The van der Waals surface area contributed by atoms with Crippen molar-refractivity contribution < 1.29 is 4.74 Å². The number of nitrogens with one attached hydrogen (secondary N) is 2. The van der Waals surface area contributed by atoms with Crippen LogP contribution in [0.15, 0.2) is 35.3 Å². The molecular weight excluding hydrogens is 324 g/mol. The van der Waals surface area contributed by atoms with Crippen LogP contribution in [0.3, 0.4) is 0 Å². The molecule has 3 rings (SSSR count). The molecule has 144 valence electrons. The van der Waals surface area contributed by atoms with Crippen molar-refractivity contribution in [1.29, 1.82) is 0 Å². The summed E-state index contributed by atoms with van der Waals surface area (Å²) in [5.41, 5.74) is 1.37. The Balaban J connectivity index is 1.58. The van der Waals surface area contributed by atoms with Gasteiger partial charge >= 0.3 is 0 Å². The maximum absolute atomic E-state index is 5.71. The molecule has 2 heterocycles. The molecule has 0 saturated carbocycles. The highest BCUT2D eigenvalue weighted by Gasteiger charge is 2.23. The lowest BCUT2D eigenvalue weighted by molar-refractivity contribution is 0.105. The number of rotatable bonds is 8. The van der Waals surface area contributed by atoms with E-state index in [0.717, 1.165) is 38.6 Å². The fourth-order valence-corrected chi connectivity index (χ4v) is 3.90. The van der Waals surface area contributed by atoms with Crippen molar-refractivity contribution in [3.05, 3.63) is 35.9 Å². The molecule has 0 aliphatic carbocycles. The largest absolute Gasteiger partial charge is 0.378 e. The molecule has 0 amide bonds. The Bertz CT molecular complexity index is 536. The van der Waals surface area contributed by atoms with Crippen LogP contribution < -0.4 is 10.6 Å². The molecule has 0 spiro atoms. The van der Waals surface area contributed by atoms with Gasteiger partial charge < -0.3 is 15.4 Å². The highest BCUT2D eigenvalue weighted by Crippen LogP contribution is 2.25. The quantitative estimate of drug-likeness (QED) is 0.554. The average molecular weight is 359 g/mol. The second-order valence-electron chi connectivity index (χ2n) is 7.24. The van der Waals surface area contributed by atoms with Gasteiger partial charge in [0.15, 0.2) is 5.96 Å². The van der Waals surface area contributed by atoms with E-state index in [-0.39, 0.29) is 0 Å². The van der Waals surface area contributed by atoms with Crippen LogP contribution in [0.2, 0.25) is 0 Å². The molecule has 26 heavy (non-hydrogen) atoms. The first-order valence-corrected chi connectivity index (χ1v) is 10.3. The zero-order valence-corrected chi connectivity index (χ0v) is 16.1. The third-order valence-electron chi connectivity index (χ3n) is 5.32. The predicted octanol–water partition coefficient (Wildman–Crippen LogP) is 2.95. The number of nitrogens with zero attached hydrogens (tertiary/aromatic N) is 2. The van der Waals surface area contributed by atoms with E-state index in [1.807, 2.05) is 0 Å². The lowest BCUT2D eigenvalue weighted by atomic mass is 10.1. The highest BCUT2D eigenvalue weighted by atomic mass is 16.5. The van der Waals surface area contributed by atoms with E-state index in [1.165, 1.54) is 44.3 Å². The van der Waals surface area contributed by atoms with Gasteiger partial charge in [-0.25, -0.2) is 0 Å². The van der Waals surface area contributed by atoms with Crippen molar-refractivity contribution in [3.63, 3.8) is 0 Å². The van der Waals surface area contributed by atoms with Crippen molar-refractivity contribution >= 4 is 5.96 Å². The Morgan fingerprint density at radius 1 is 1.19 bits per heavy atom. The van der Waals surface area contributed by atoms with E-state index < -0.39 is 0 Å². The van der Waals surface area contributed by atoms with Gasteiger partial charge in [-0.3, -0.25) is 9.89 Å². The second-order valence-corrected chi connectivity index (χ2v) is 7.24. The standard InChI is InChI=1S/C21H34N4O/c1-2-22-21(23-13-12-19-11-8-16-26-19)24-17-20(25-14-6-7-15-25)18-9-4-3-5-10-18/h3-5,9-10,19-20H,2,6-8,11-17H2,1H3,(H2,22,23,24). The molecule has 2 unspecified atom stereocenters. The number of hydrogen-bond donors (Lipinski definition) is 2. The van der Waals surface area contributed by atoms with Crippen molar-refractivity contribution in [3.8, 4) is 0 Å². The fourth-order valence-electron chi connectivity index (χ4n) is 3.90. The van der Waals surface area contributed by atoms with Crippen LogP contribution in [-0.2, 0) is 4.74 Å². The lowest BCUT2D eigenvalue weighted by Gasteiger charge is -2.27. The second kappa shape index (κ2) is 10.5. The number of hydrogen-bond acceptors (Lipinski definition) is 3. The number of likely N-dealkylation sites (tertiary alicyclic amines) is 1.